The zero-order valence-corrected chi connectivity index (χ0v) is 11.2. The van der Waals surface area contributed by atoms with E-state index < -0.39 is 0 Å². The highest BCUT2D eigenvalue weighted by atomic mass is 32.2. The topological polar surface area (TPSA) is 32.5 Å². The summed E-state index contributed by atoms with van der Waals surface area (Å²) >= 11 is 1.92. The van der Waals surface area contributed by atoms with Crippen molar-refractivity contribution in [2.75, 3.05) is 55.4 Å². The first-order chi connectivity index (χ1) is 8.29. The van der Waals surface area contributed by atoms with Gasteiger partial charge in [-0.05, 0) is 30.5 Å². The molecule has 1 aliphatic rings. The third-order valence-electron chi connectivity index (χ3n) is 3.24. The molecule has 0 aliphatic carbocycles. The Morgan fingerprint density at radius 2 is 1.76 bits per heavy atom. The van der Waals surface area contributed by atoms with Gasteiger partial charge in [0.05, 0.1) is 0 Å². The molecule has 1 aromatic carbocycles. The summed E-state index contributed by atoms with van der Waals surface area (Å²) in [5, 5.41) is 0. The van der Waals surface area contributed by atoms with Crippen LogP contribution in [0.15, 0.2) is 24.3 Å². The van der Waals surface area contributed by atoms with Crippen molar-refractivity contribution in [3.8, 4) is 0 Å². The Morgan fingerprint density at radius 1 is 1.12 bits per heavy atom. The van der Waals surface area contributed by atoms with Gasteiger partial charge in [0.25, 0.3) is 0 Å². The number of anilines is 2. The molecule has 2 rings (SSSR count). The predicted molar refractivity (Wildman–Crippen MR) is 77.9 cm³/mol. The summed E-state index contributed by atoms with van der Waals surface area (Å²) < 4.78 is 0. The Morgan fingerprint density at radius 3 is 2.35 bits per heavy atom. The largest absolute Gasteiger partial charge is 0.399 e. The summed E-state index contributed by atoms with van der Waals surface area (Å²) in [5.41, 5.74) is 7.84. The molecule has 0 saturated carbocycles. The Balaban J connectivity index is 1.84. The molecule has 1 heterocycles. The minimum absolute atomic E-state index is 0.840. The summed E-state index contributed by atoms with van der Waals surface area (Å²) in [6, 6.07) is 8.20. The summed E-state index contributed by atoms with van der Waals surface area (Å²) in [5.74, 6) is 1.24. The second-order valence-electron chi connectivity index (χ2n) is 4.41. The highest BCUT2D eigenvalue weighted by Crippen LogP contribution is 2.18. The number of hydrogen-bond acceptors (Lipinski definition) is 4. The first-order valence-corrected chi connectivity index (χ1v) is 7.51. The van der Waals surface area contributed by atoms with Crippen molar-refractivity contribution in [3.05, 3.63) is 24.3 Å². The molecule has 0 amide bonds. The van der Waals surface area contributed by atoms with E-state index in [1.54, 1.807) is 0 Å². The lowest BCUT2D eigenvalue weighted by Gasteiger charge is -2.36. The molecule has 0 radical (unpaired) electrons. The van der Waals surface area contributed by atoms with E-state index in [9.17, 15) is 0 Å². The fourth-order valence-corrected chi connectivity index (χ4v) is 2.58. The fourth-order valence-electron chi connectivity index (χ4n) is 2.14. The number of benzene rings is 1. The van der Waals surface area contributed by atoms with Crippen LogP contribution in [0.3, 0.4) is 0 Å². The van der Waals surface area contributed by atoms with Crippen LogP contribution in [0.5, 0.6) is 0 Å². The number of piperazine rings is 1. The maximum absolute atomic E-state index is 5.70. The maximum Gasteiger partial charge on any atom is 0.0368 e. The van der Waals surface area contributed by atoms with Crippen molar-refractivity contribution in [3.63, 3.8) is 0 Å². The predicted octanol–water partition coefficient (Wildman–Crippen LogP) is 1.75. The van der Waals surface area contributed by atoms with Crippen molar-refractivity contribution in [1.82, 2.24) is 4.90 Å². The third-order valence-corrected chi connectivity index (χ3v) is 3.83. The molecule has 1 saturated heterocycles. The highest BCUT2D eigenvalue weighted by Gasteiger charge is 2.16. The molecule has 0 spiro atoms. The second kappa shape index (κ2) is 6.17. The Labute approximate surface area is 108 Å². The van der Waals surface area contributed by atoms with Gasteiger partial charge in [-0.3, -0.25) is 4.90 Å². The van der Waals surface area contributed by atoms with Crippen LogP contribution in [-0.2, 0) is 0 Å². The molecule has 4 heteroatoms. The molecule has 0 aromatic heterocycles. The number of hydrogen-bond donors (Lipinski definition) is 1. The number of nitrogens with two attached hydrogens (primary N) is 1. The van der Waals surface area contributed by atoms with Gasteiger partial charge in [-0.1, -0.05) is 0 Å². The lowest BCUT2D eigenvalue weighted by molar-refractivity contribution is 0.273. The highest BCUT2D eigenvalue weighted by molar-refractivity contribution is 7.98. The average Bonchev–Trinajstić information content (AvgIpc) is 2.38. The van der Waals surface area contributed by atoms with Crippen molar-refractivity contribution in [2.24, 2.45) is 0 Å². The van der Waals surface area contributed by atoms with Crippen LogP contribution in [0.1, 0.15) is 0 Å². The van der Waals surface area contributed by atoms with Crippen LogP contribution in [0.2, 0.25) is 0 Å². The SMILES string of the molecule is CSCCN1CCN(c2ccc(N)cc2)CC1. The van der Waals surface area contributed by atoms with Crippen LogP contribution in [0.25, 0.3) is 0 Å². The third kappa shape index (κ3) is 3.54. The molecule has 0 unspecified atom stereocenters. The summed E-state index contributed by atoms with van der Waals surface area (Å²) in [4.78, 5) is 4.99. The summed E-state index contributed by atoms with van der Waals surface area (Å²) in [6.45, 7) is 5.81. The van der Waals surface area contributed by atoms with Crippen LogP contribution in [-0.4, -0.2) is 49.6 Å². The van der Waals surface area contributed by atoms with Crippen molar-refractivity contribution < 1.29 is 0 Å². The van der Waals surface area contributed by atoms with Gasteiger partial charge in [-0.25, -0.2) is 0 Å². The Kier molecular flexibility index (Phi) is 4.57. The lowest BCUT2D eigenvalue weighted by atomic mass is 10.2. The minimum atomic E-state index is 0.840. The molecule has 1 aliphatic heterocycles. The monoisotopic (exact) mass is 251 g/mol. The van der Waals surface area contributed by atoms with Gasteiger partial charge in [0.15, 0.2) is 0 Å². The van der Waals surface area contributed by atoms with Crippen molar-refractivity contribution in [2.45, 2.75) is 0 Å². The molecule has 3 nitrogen and oxygen atoms in total. The van der Waals surface area contributed by atoms with E-state index in [0.717, 1.165) is 18.8 Å². The van der Waals surface area contributed by atoms with E-state index in [1.165, 1.54) is 31.1 Å². The van der Waals surface area contributed by atoms with Crippen LogP contribution in [0, 0.1) is 0 Å². The van der Waals surface area contributed by atoms with E-state index in [2.05, 4.69) is 28.2 Å². The van der Waals surface area contributed by atoms with E-state index in [4.69, 9.17) is 5.73 Å². The van der Waals surface area contributed by atoms with Crippen LogP contribution < -0.4 is 10.6 Å². The standard InChI is InChI=1S/C13H21N3S/c1-17-11-10-15-6-8-16(9-7-15)13-4-2-12(14)3-5-13/h2-5H,6-11,14H2,1H3. The zero-order chi connectivity index (χ0) is 12.1. The molecule has 0 atom stereocenters. The van der Waals surface area contributed by atoms with Gasteiger partial charge in [0.2, 0.25) is 0 Å². The van der Waals surface area contributed by atoms with E-state index in [-0.39, 0.29) is 0 Å². The number of nitrogen functional groups attached to an aromatic ring is 1. The molecule has 0 bridgehead atoms. The normalized spacial score (nSPS) is 17.4. The molecule has 1 fully saturated rings. The smallest absolute Gasteiger partial charge is 0.0368 e. The van der Waals surface area contributed by atoms with Gasteiger partial charge >= 0.3 is 0 Å². The quantitative estimate of drug-likeness (QED) is 0.827. The van der Waals surface area contributed by atoms with E-state index >= 15 is 0 Å². The number of nitrogens with zero attached hydrogens (tertiary/aromatic N) is 2. The summed E-state index contributed by atoms with van der Waals surface area (Å²) in [6.07, 6.45) is 2.17. The van der Waals surface area contributed by atoms with Gasteiger partial charge in [0.1, 0.15) is 0 Å². The van der Waals surface area contributed by atoms with Crippen LogP contribution in [0.4, 0.5) is 11.4 Å². The summed E-state index contributed by atoms with van der Waals surface area (Å²) in [7, 11) is 0. The first-order valence-electron chi connectivity index (χ1n) is 6.11. The van der Waals surface area contributed by atoms with E-state index in [0.29, 0.717) is 0 Å². The number of rotatable bonds is 4. The van der Waals surface area contributed by atoms with Crippen molar-refractivity contribution >= 4 is 23.1 Å². The van der Waals surface area contributed by atoms with Crippen molar-refractivity contribution in [1.29, 1.82) is 0 Å². The second-order valence-corrected chi connectivity index (χ2v) is 5.40. The molecule has 2 N–H and O–H groups in total. The molecule has 94 valence electrons. The van der Waals surface area contributed by atoms with Crippen LogP contribution >= 0.6 is 11.8 Å². The molecular weight excluding hydrogens is 230 g/mol. The Bertz CT molecular complexity index is 331. The van der Waals surface area contributed by atoms with Gasteiger partial charge < -0.3 is 10.6 Å². The van der Waals surface area contributed by atoms with E-state index in [1.807, 2.05) is 23.9 Å². The molecule has 17 heavy (non-hydrogen) atoms. The average molecular weight is 251 g/mol. The first kappa shape index (κ1) is 12.6. The maximum atomic E-state index is 5.70. The minimum Gasteiger partial charge on any atom is -0.399 e. The fraction of sp³-hybridized carbons (Fsp3) is 0.538. The van der Waals surface area contributed by atoms with Gasteiger partial charge in [-0.2, -0.15) is 11.8 Å². The van der Waals surface area contributed by atoms with Gasteiger partial charge in [-0.15, -0.1) is 0 Å². The number of thioether (sulfide) groups is 1. The van der Waals surface area contributed by atoms with Gasteiger partial charge in [0, 0.05) is 49.9 Å². The molecular formula is C13H21N3S. The zero-order valence-electron chi connectivity index (χ0n) is 10.4. The molecule has 1 aromatic rings. The lowest BCUT2D eigenvalue weighted by Crippen LogP contribution is -2.47. The Hall–Kier alpha value is -0.870.